The van der Waals surface area contributed by atoms with Gasteiger partial charge in [0.2, 0.25) is 0 Å². The SMILES string of the molecule is Cc1c(C#N)c(Nc2ccc(N)cc2)nc(N)c1N=Nc1cccc2c1C(=O)c1cccc(O)c1C2=O. The fourth-order valence-corrected chi connectivity index (χ4v) is 4.17. The molecule has 10 nitrogen and oxygen atoms in total. The molecule has 1 heterocycles. The summed E-state index contributed by atoms with van der Waals surface area (Å²) in [5.41, 5.74) is 14.3. The number of carbonyl (C=O) groups is 2. The molecule has 6 N–H and O–H groups in total. The second-order valence-electron chi connectivity index (χ2n) is 8.31. The van der Waals surface area contributed by atoms with Gasteiger partial charge in [-0.15, -0.1) is 10.2 Å². The van der Waals surface area contributed by atoms with Crippen LogP contribution in [0.5, 0.6) is 5.75 Å². The molecule has 0 aliphatic heterocycles. The van der Waals surface area contributed by atoms with Crippen molar-refractivity contribution in [1.82, 2.24) is 4.98 Å². The van der Waals surface area contributed by atoms with E-state index in [2.05, 4.69) is 26.6 Å². The van der Waals surface area contributed by atoms with Crippen molar-refractivity contribution in [2.45, 2.75) is 6.92 Å². The van der Waals surface area contributed by atoms with E-state index in [1.807, 2.05) is 0 Å². The molecule has 0 saturated heterocycles. The average molecular weight is 489 g/mol. The van der Waals surface area contributed by atoms with E-state index >= 15 is 0 Å². The number of nitrogens with zero attached hydrogens (tertiary/aromatic N) is 4. The minimum atomic E-state index is -0.484. The second kappa shape index (κ2) is 8.90. The Morgan fingerprint density at radius 3 is 2.27 bits per heavy atom. The molecule has 3 aromatic carbocycles. The lowest BCUT2D eigenvalue weighted by Crippen LogP contribution is -2.21. The Morgan fingerprint density at radius 1 is 0.919 bits per heavy atom. The molecule has 1 aliphatic rings. The molecule has 0 saturated carbocycles. The van der Waals surface area contributed by atoms with E-state index in [0.29, 0.717) is 16.9 Å². The zero-order valence-corrected chi connectivity index (χ0v) is 19.5. The molecular formula is C27H19N7O3. The molecule has 0 fully saturated rings. The third kappa shape index (κ3) is 3.90. The van der Waals surface area contributed by atoms with Crippen LogP contribution in [0.3, 0.4) is 0 Å². The number of pyridine rings is 1. The topological polar surface area (TPSA) is 180 Å². The van der Waals surface area contributed by atoms with Gasteiger partial charge in [-0.05, 0) is 43.3 Å². The van der Waals surface area contributed by atoms with E-state index < -0.39 is 11.6 Å². The normalized spacial score (nSPS) is 12.2. The largest absolute Gasteiger partial charge is 0.507 e. The van der Waals surface area contributed by atoms with E-state index in [4.69, 9.17) is 11.5 Å². The highest BCUT2D eigenvalue weighted by atomic mass is 16.3. The number of nitrogens with one attached hydrogen (secondary N) is 1. The number of rotatable bonds is 4. The lowest BCUT2D eigenvalue weighted by Gasteiger charge is -2.19. The lowest BCUT2D eigenvalue weighted by atomic mass is 9.83. The first-order chi connectivity index (χ1) is 17.8. The van der Waals surface area contributed by atoms with Gasteiger partial charge < -0.3 is 21.9 Å². The molecule has 4 aromatic rings. The first-order valence-corrected chi connectivity index (χ1v) is 11.1. The summed E-state index contributed by atoms with van der Waals surface area (Å²) in [6, 6.07) is 17.9. The molecule has 0 bridgehead atoms. The van der Waals surface area contributed by atoms with Gasteiger partial charge in [0.1, 0.15) is 17.5 Å². The van der Waals surface area contributed by atoms with Gasteiger partial charge in [-0.25, -0.2) is 4.98 Å². The highest BCUT2D eigenvalue weighted by molar-refractivity contribution is 6.30. The molecular weight excluding hydrogens is 470 g/mol. The maximum absolute atomic E-state index is 13.3. The number of benzene rings is 3. The van der Waals surface area contributed by atoms with Crippen LogP contribution in [0.4, 0.5) is 34.4 Å². The van der Waals surface area contributed by atoms with Gasteiger partial charge in [0.05, 0.1) is 22.4 Å². The van der Waals surface area contributed by atoms with Crippen molar-refractivity contribution in [1.29, 1.82) is 5.26 Å². The van der Waals surface area contributed by atoms with Crippen LogP contribution >= 0.6 is 0 Å². The van der Waals surface area contributed by atoms with Crippen LogP contribution in [0.15, 0.2) is 70.9 Å². The van der Waals surface area contributed by atoms with Crippen molar-refractivity contribution < 1.29 is 14.7 Å². The summed E-state index contributed by atoms with van der Waals surface area (Å²) in [7, 11) is 0. The van der Waals surface area contributed by atoms with Crippen molar-refractivity contribution in [3.63, 3.8) is 0 Å². The molecule has 5 rings (SSSR count). The zero-order valence-electron chi connectivity index (χ0n) is 19.5. The van der Waals surface area contributed by atoms with Gasteiger partial charge >= 0.3 is 0 Å². The van der Waals surface area contributed by atoms with Crippen molar-refractivity contribution in [3.05, 3.63) is 94.0 Å². The molecule has 0 unspecified atom stereocenters. The molecule has 0 spiro atoms. The molecule has 10 heteroatoms. The van der Waals surface area contributed by atoms with Gasteiger partial charge in [0, 0.05) is 28.1 Å². The number of nitriles is 1. The summed E-state index contributed by atoms with van der Waals surface area (Å²) < 4.78 is 0. The number of anilines is 4. The predicted octanol–water partition coefficient (Wildman–Crippen LogP) is 5.07. The smallest absolute Gasteiger partial charge is 0.198 e. The molecule has 0 radical (unpaired) electrons. The fourth-order valence-electron chi connectivity index (χ4n) is 4.17. The summed E-state index contributed by atoms with van der Waals surface area (Å²) in [6.07, 6.45) is 0. The van der Waals surface area contributed by atoms with Crippen molar-refractivity contribution >= 4 is 46.0 Å². The highest BCUT2D eigenvalue weighted by Gasteiger charge is 2.33. The Hall–Kier alpha value is -5.56. The van der Waals surface area contributed by atoms with E-state index in [1.54, 1.807) is 43.3 Å². The molecule has 37 heavy (non-hydrogen) atoms. The van der Waals surface area contributed by atoms with Gasteiger partial charge in [-0.3, -0.25) is 9.59 Å². The van der Waals surface area contributed by atoms with Crippen molar-refractivity contribution in [3.8, 4) is 11.8 Å². The minimum absolute atomic E-state index is 0.0145. The molecule has 1 aromatic heterocycles. The summed E-state index contributed by atoms with van der Waals surface area (Å²) in [6.45, 7) is 1.66. The Kier molecular flexibility index (Phi) is 5.58. The van der Waals surface area contributed by atoms with Crippen LogP contribution in [-0.2, 0) is 0 Å². The van der Waals surface area contributed by atoms with Gasteiger partial charge in [0.15, 0.2) is 23.2 Å². The Balaban J connectivity index is 1.55. The zero-order chi connectivity index (χ0) is 26.3. The number of hydrogen-bond acceptors (Lipinski definition) is 10. The number of azo groups is 1. The number of hydrogen-bond donors (Lipinski definition) is 4. The quantitative estimate of drug-likeness (QED) is 0.199. The van der Waals surface area contributed by atoms with Gasteiger partial charge in [0.25, 0.3) is 0 Å². The Morgan fingerprint density at radius 2 is 1.57 bits per heavy atom. The number of nitrogens with two attached hydrogens (primary N) is 2. The van der Waals surface area contributed by atoms with Crippen LogP contribution in [0.2, 0.25) is 0 Å². The van der Waals surface area contributed by atoms with Gasteiger partial charge in [-0.1, -0.05) is 24.3 Å². The number of aromatic hydroxyl groups is 1. The predicted molar refractivity (Wildman–Crippen MR) is 138 cm³/mol. The van der Waals surface area contributed by atoms with Crippen LogP contribution in [-0.4, -0.2) is 21.7 Å². The third-order valence-electron chi connectivity index (χ3n) is 6.01. The summed E-state index contributed by atoms with van der Waals surface area (Å²) >= 11 is 0. The number of phenolic OH excluding ortho intramolecular Hbond substituents is 1. The Bertz CT molecular complexity index is 1690. The molecule has 0 amide bonds. The molecule has 180 valence electrons. The molecule has 1 aliphatic carbocycles. The summed E-state index contributed by atoms with van der Waals surface area (Å²) in [5.74, 6) is -0.948. The maximum atomic E-state index is 13.3. The van der Waals surface area contributed by atoms with Gasteiger partial charge in [-0.2, -0.15) is 5.26 Å². The average Bonchev–Trinajstić information content (AvgIpc) is 2.88. The van der Waals surface area contributed by atoms with Crippen molar-refractivity contribution in [2.24, 2.45) is 10.2 Å². The number of ketones is 2. The Labute approximate surface area is 210 Å². The summed E-state index contributed by atoms with van der Waals surface area (Å²) in [5, 5.41) is 31.4. The van der Waals surface area contributed by atoms with Crippen LogP contribution in [0, 0.1) is 18.3 Å². The van der Waals surface area contributed by atoms with Crippen LogP contribution < -0.4 is 16.8 Å². The number of carbonyl (C=O) groups excluding carboxylic acids is 2. The fraction of sp³-hybridized carbons (Fsp3) is 0.0370. The number of phenols is 1. The van der Waals surface area contributed by atoms with E-state index in [0.717, 1.165) is 0 Å². The van der Waals surface area contributed by atoms with E-state index in [1.165, 1.54) is 24.3 Å². The van der Waals surface area contributed by atoms with Crippen LogP contribution in [0.25, 0.3) is 0 Å². The number of fused-ring (bicyclic) bond motifs is 2. The maximum Gasteiger partial charge on any atom is 0.198 e. The summed E-state index contributed by atoms with van der Waals surface area (Å²) in [4.78, 5) is 30.6. The van der Waals surface area contributed by atoms with E-state index in [-0.39, 0.29) is 56.6 Å². The number of aromatic nitrogens is 1. The van der Waals surface area contributed by atoms with Crippen molar-refractivity contribution in [2.75, 3.05) is 16.8 Å². The first kappa shape index (κ1) is 23.2. The lowest BCUT2D eigenvalue weighted by molar-refractivity contribution is 0.0977. The highest BCUT2D eigenvalue weighted by Crippen LogP contribution is 2.38. The second-order valence-corrected chi connectivity index (χ2v) is 8.31. The minimum Gasteiger partial charge on any atom is -0.507 e. The standard InChI is InChI=1S/C27H19N7O3/c1-13-18(12-28)27(31-15-10-8-14(29)9-11-15)32-26(30)23(13)34-33-19-6-2-4-16-21(19)24(36)17-5-3-7-20(35)22(17)25(16)37/h2-11,35H,29H2,1H3,(H3,30,31,32). The molecule has 0 atom stereocenters. The number of nitrogen functional groups attached to an aromatic ring is 2. The monoisotopic (exact) mass is 489 g/mol. The third-order valence-corrected chi connectivity index (χ3v) is 6.01. The first-order valence-electron chi connectivity index (χ1n) is 11.1. The van der Waals surface area contributed by atoms with Crippen LogP contribution in [0.1, 0.15) is 43.0 Å². The van der Waals surface area contributed by atoms with E-state index in [9.17, 15) is 20.0 Å².